The van der Waals surface area contributed by atoms with Gasteiger partial charge in [0.1, 0.15) is 0 Å². The number of hydrogen-bond acceptors (Lipinski definition) is 3. The Balaban J connectivity index is 1.94. The summed E-state index contributed by atoms with van der Waals surface area (Å²) in [6.45, 7) is 5.68. The van der Waals surface area contributed by atoms with Crippen LogP contribution >= 0.6 is 0 Å². The third-order valence-electron chi connectivity index (χ3n) is 4.41. The molecule has 0 spiro atoms. The Labute approximate surface area is 126 Å². The summed E-state index contributed by atoms with van der Waals surface area (Å²) in [6.07, 6.45) is 15.5. The molecule has 1 heterocycles. The van der Waals surface area contributed by atoms with Crippen molar-refractivity contribution >= 4 is 0 Å². The number of aliphatic hydroxyl groups is 1. The minimum atomic E-state index is 0.288. The maximum atomic E-state index is 9.10. The lowest BCUT2D eigenvalue weighted by Crippen LogP contribution is -2.52. The first-order chi connectivity index (χ1) is 9.88. The van der Waals surface area contributed by atoms with Gasteiger partial charge >= 0.3 is 0 Å². The molecule has 0 amide bonds. The Morgan fingerprint density at radius 2 is 1.65 bits per heavy atom. The summed E-state index contributed by atoms with van der Waals surface area (Å²) in [7, 11) is 0. The van der Waals surface area contributed by atoms with Crippen LogP contribution < -0.4 is 5.32 Å². The lowest BCUT2D eigenvalue weighted by molar-refractivity contribution is 0.0957. The van der Waals surface area contributed by atoms with Gasteiger partial charge in [-0.2, -0.15) is 0 Å². The Hall–Kier alpha value is -0.120. The fourth-order valence-electron chi connectivity index (χ4n) is 3.16. The molecule has 1 saturated heterocycles. The summed E-state index contributed by atoms with van der Waals surface area (Å²) in [6, 6.07) is 0. The van der Waals surface area contributed by atoms with Gasteiger partial charge in [0.05, 0.1) is 12.8 Å². The molecule has 0 saturated carbocycles. The Kier molecular flexibility index (Phi) is 11.3. The van der Waals surface area contributed by atoms with E-state index in [0.717, 1.165) is 19.6 Å². The van der Waals surface area contributed by atoms with Crippen LogP contribution in [-0.4, -0.2) is 42.4 Å². The zero-order valence-corrected chi connectivity index (χ0v) is 13.6. The van der Waals surface area contributed by atoms with Crippen LogP contribution in [0, 0.1) is 0 Å². The highest BCUT2D eigenvalue weighted by Crippen LogP contribution is 2.14. The molecule has 3 heteroatoms. The first-order valence-corrected chi connectivity index (χ1v) is 8.96. The van der Waals surface area contributed by atoms with Gasteiger partial charge in [0, 0.05) is 13.1 Å². The van der Waals surface area contributed by atoms with Crippen molar-refractivity contribution in [3.63, 3.8) is 0 Å². The fraction of sp³-hybridized carbons (Fsp3) is 1.00. The Morgan fingerprint density at radius 1 is 1.00 bits per heavy atom. The molecule has 1 rings (SSSR count). The van der Waals surface area contributed by atoms with Crippen LogP contribution in [0.15, 0.2) is 0 Å². The van der Waals surface area contributed by atoms with Crippen molar-refractivity contribution in [2.75, 3.05) is 26.2 Å². The number of nitrogens with one attached hydrogen (secondary N) is 1. The van der Waals surface area contributed by atoms with E-state index in [-0.39, 0.29) is 6.61 Å². The second-order valence-electron chi connectivity index (χ2n) is 6.20. The third kappa shape index (κ3) is 8.23. The average Bonchev–Trinajstić information content (AvgIpc) is 2.47. The minimum absolute atomic E-state index is 0.288. The maximum Gasteiger partial charge on any atom is 0.0597 e. The largest absolute Gasteiger partial charge is 0.395 e. The van der Waals surface area contributed by atoms with Crippen LogP contribution in [0.4, 0.5) is 0 Å². The first-order valence-electron chi connectivity index (χ1n) is 8.96. The normalized spacial score (nSPS) is 20.4. The fourth-order valence-corrected chi connectivity index (χ4v) is 3.16. The quantitative estimate of drug-likeness (QED) is 0.538. The van der Waals surface area contributed by atoms with Crippen LogP contribution in [0.25, 0.3) is 0 Å². The maximum absolute atomic E-state index is 9.10. The average molecular weight is 284 g/mol. The highest BCUT2D eigenvalue weighted by Gasteiger charge is 2.20. The van der Waals surface area contributed by atoms with E-state index in [4.69, 9.17) is 5.11 Å². The predicted octanol–water partition coefficient (Wildman–Crippen LogP) is 3.52. The monoisotopic (exact) mass is 284 g/mol. The van der Waals surface area contributed by atoms with E-state index < -0.39 is 0 Å². The molecule has 1 unspecified atom stereocenters. The molecule has 3 nitrogen and oxygen atoms in total. The molecule has 1 atom stereocenters. The van der Waals surface area contributed by atoms with Gasteiger partial charge in [-0.3, -0.25) is 4.90 Å². The van der Waals surface area contributed by atoms with Gasteiger partial charge in [0.25, 0.3) is 0 Å². The minimum Gasteiger partial charge on any atom is -0.395 e. The van der Waals surface area contributed by atoms with E-state index in [9.17, 15) is 0 Å². The Morgan fingerprint density at radius 3 is 2.30 bits per heavy atom. The summed E-state index contributed by atoms with van der Waals surface area (Å²) < 4.78 is 0. The molecule has 1 fully saturated rings. The standard InChI is InChI=1S/C17H36N2O/c1-2-3-4-5-6-7-8-9-10-12-17-18-13-11-14-19(17)15-16-20/h17-18,20H,2-16H2,1H3. The smallest absolute Gasteiger partial charge is 0.0597 e. The number of nitrogens with zero attached hydrogens (tertiary/aromatic N) is 1. The molecule has 0 aromatic heterocycles. The van der Waals surface area contributed by atoms with Crippen molar-refractivity contribution in [1.29, 1.82) is 0 Å². The lowest BCUT2D eigenvalue weighted by atomic mass is 10.0. The number of aliphatic hydroxyl groups excluding tert-OH is 1. The van der Waals surface area contributed by atoms with Crippen molar-refractivity contribution < 1.29 is 5.11 Å². The SMILES string of the molecule is CCCCCCCCCCCC1NCCCN1CCO. The molecule has 0 aromatic carbocycles. The molecular weight excluding hydrogens is 248 g/mol. The number of rotatable bonds is 12. The molecule has 20 heavy (non-hydrogen) atoms. The number of hydrogen-bond donors (Lipinski definition) is 2. The predicted molar refractivity (Wildman–Crippen MR) is 86.9 cm³/mol. The molecule has 0 bridgehead atoms. The van der Waals surface area contributed by atoms with Crippen molar-refractivity contribution in [2.24, 2.45) is 0 Å². The molecular formula is C17H36N2O. The van der Waals surface area contributed by atoms with Gasteiger partial charge in [0.2, 0.25) is 0 Å². The van der Waals surface area contributed by atoms with Gasteiger partial charge in [-0.15, -0.1) is 0 Å². The van der Waals surface area contributed by atoms with E-state index in [0.29, 0.717) is 6.17 Å². The molecule has 0 aliphatic carbocycles. The van der Waals surface area contributed by atoms with E-state index in [1.54, 1.807) is 0 Å². The van der Waals surface area contributed by atoms with Crippen molar-refractivity contribution in [3.8, 4) is 0 Å². The van der Waals surface area contributed by atoms with Crippen molar-refractivity contribution in [3.05, 3.63) is 0 Å². The summed E-state index contributed by atoms with van der Waals surface area (Å²) in [5.41, 5.74) is 0. The van der Waals surface area contributed by atoms with E-state index in [1.165, 1.54) is 70.6 Å². The molecule has 1 aliphatic rings. The van der Waals surface area contributed by atoms with Crippen LogP contribution in [0.5, 0.6) is 0 Å². The second kappa shape index (κ2) is 12.6. The van der Waals surface area contributed by atoms with Crippen LogP contribution in [0.3, 0.4) is 0 Å². The summed E-state index contributed by atoms with van der Waals surface area (Å²) in [5.74, 6) is 0. The van der Waals surface area contributed by atoms with Crippen LogP contribution in [-0.2, 0) is 0 Å². The third-order valence-corrected chi connectivity index (χ3v) is 4.41. The van der Waals surface area contributed by atoms with Gasteiger partial charge < -0.3 is 10.4 Å². The zero-order valence-electron chi connectivity index (χ0n) is 13.6. The van der Waals surface area contributed by atoms with Crippen molar-refractivity contribution in [1.82, 2.24) is 10.2 Å². The van der Waals surface area contributed by atoms with Crippen LogP contribution in [0.1, 0.15) is 77.6 Å². The summed E-state index contributed by atoms with van der Waals surface area (Å²) in [5, 5.41) is 12.7. The van der Waals surface area contributed by atoms with Gasteiger partial charge in [0.15, 0.2) is 0 Å². The highest BCUT2D eigenvalue weighted by molar-refractivity contribution is 4.75. The van der Waals surface area contributed by atoms with Gasteiger partial charge in [-0.05, 0) is 19.4 Å². The Bertz CT molecular complexity index is 209. The molecule has 2 N–H and O–H groups in total. The lowest BCUT2D eigenvalue weighted by Gasteiger charge is -2.36. The molecule has 1 aliphatic heterocycles. The second-order valence-corrected chi connectivity index (χ2v) is 6.20. The van der Waals surface area contributed by atoms with Crippen molar-refractivity contribution in [2.45, 2.75) is 83.7 Å². The topological polar surface area (TPSA) is 35.5 Å². The van der Waals surface area contributed by atoms with Crippen LogP contribution in [0.2, 0.25) is 0 Å². The molecule has 0 radical (unpaired) electrons. The highest BCUT2D eigenvalue weighted by atomic mass is 16.3. The zero-order chi connectivity index (χ0) is 14.5. The molecule has 0 aromatic rings. The number of β-amino-alcohol motifs (C(OH)–C–C–N with tert-alkyl or cyclic N) is 1. The summed E-state index contributed by atoms with van der Waals surface area (Å²) in [4.78, 5) is 2.41. The van der Waals surface area contributed by atoms with Gasteiger partial charge in [-0.25, -0.2) is 0 Å². The summed E-state index contributed by atoms with van der Waals surface area (Å²) >= 11 is 0. The molecule has 120 valence electrons. The van der Waals surface area contributed by atoms with E-state index >= 15 is 0 Å². The van der Waals surface area contributed by atoms with E-state index in [2.05, 4.69) is 17.1 Å². The number of unbranched alkanes of at least 4 members (excludes halogenated alkanes) is 8. The first kappa shape index (κ1) is 17.9. The van der Waals surface area contributed by atoms with Gasteiger partial charge in [-0.1, -0.05) is 64.7 Å². The van der Waals surface area contributed by atoms with E-state index in [1.807, 2.05) is 0 Å².